The molecule has 0 aliphatic heterocycles. The van der Waals surface area contributed by atoms with Crippen molar-refractivity contribution in [2.24, 2.45) is 5.92 Å². The van der Waals surface area contributed by atoms with E-state index in [9.17, 15) is 4.79 Å². The van der Waals surface area contributed by atoms with Crippen LogP contribution in [-0.4, -0.2) is 9.97 Å². The Morgan fingerprint density at radius 3 is 2.56 bits per heavy atom. The van der Waals surface area contributed by atoms with Crippen LogP contribution in [0.4, 0.5) is 5.82 Å². The van der Waals surface area contributed by atoms with Gasteiger partial charge in [0.1, 0.15) is 11.6 Å². The van der Waals surface area contributed by atoms with Gasteiger partial charge in [-0.2, -0.15) is 0 Å². The molecule has 0 radical (unpaired) electrons. The Labute approximate surface area is 96.3 Å². The SMILES string of the molecule is CCCc1c(N)nc(CCC(C)C)[nH]c1=O. The molecule has 0 bridgehead atoms. The molecular weight excluding hydrogens is 202 g/mol. The van der Waals surface area contributed by atoms with Crippen LogP contribution in [0.3, 0.4) is 0 Å². The molecule has 4 nitrogen and oxygen atoms in total. The van der Waals surface area contributed by atoms with Gasteiger partial charge in [0, 0.05) is 6.42 Å². The number of nitrogens with one attached hydrogen (secondary N) is 1. The number of aromatic nitrogens is 2. The highest BCUT2D eigenvalue weighted by Crippen LogP contribution is 2.08. The molecular formula is C12H21N3O. The Morgan fingerprint density at radius 2 is 2.06 bits per heavy atom. The molecule has 1 heterocycles. The molecule has 0 atom stereocenters. The summed E-state index contributed by atoms with van der Waals surface area (Å²) in [6.45, 7) is 6.31. The van der Waals surface area contributed by atoms with E-state index in [1.807, 2.05) is 6.92 Å². The summed E-state index contributed by atoms with van der Waals surface area (Å²) < 4.78 is 0. The third kappa shape index (κ3) is 3.36. The normalized spacial score (nSPS) is 11.0. The fourth-order valence-corrected chi connectivity index (χ4v) is 1.60. The van der Waals surface area contributed by atoms with Gasteiger partial charge in [0.25, 0.3) is 5.56 Å². The number of anilines is 1. The maximum Gasteiger partial charge on any atom is 0.256 e. The van der Waals surface area contributed by atoms with E-state index in [2.05, 4.69) is 23.8 Å². The van der Waals surface area contributed by atoms with E-state index >= 15 is 0 Å². The first kappa shape index (κ1) is 12.7. The minimum atomic E-state index is -0.0758. The second-order valence-corrected chi connectivity index (χ2v) is 4.56. The van der Waals surface area contributed by atoms with E-state index < -0.39 is 0 Å². The van der Waals surface area contributed by atoms with Gasteiger partial charge in [0.2, 0.25) is 0 Å². The molecule has 0 unspecified atom stereocenters. The summed E-state index contributed by atoms with van der Waals surface area (Å²) in [6, 6.07) is 0. The predicted octanol–water partition coefficient (Wildman–Crippen LogP) is 1.89. The number of H-pyrrole nitrogens is 1. The van der Waals surface area contributed by atoms with Crippen LogP contribution in [0, 0.1) is 5.92 Å². The Hall–Kier alpha value is -1.32. The van der Waals surface area contributed by atoms with Crippen LogP contribution >= 0.6 is 0 Å². The highest BCUT2D eigenvalue weighted by atomic mass is 16.1. The van der Waals surface area contributed by atoms with Crippen molar-refractivity contribution in [1.82, 2.24) is 9.97 Å². The minimum Gasteiger partial charge on any atom is -0.383 e. The Balaban J connectivity index is 2.87. The summed E-state index contributed by atoms with van der Waals surface area (Å²) in [5, 5.41) is 0. The van der Waals surface area contributed by atoms with Crippen molar-refractivity contribution in [2.45, 2.75) is 46.5 Å². The van der Waals surface area contributed by atoms with Crippen molar-refractivity contribution >= 4 is 5.82 Å². The molecule has 0 saturated carbocycles. The van der Waals surface area contributed by atoms with Crippen LogP contribution in [0.5, 0.6) is 0 Å². The smallest absolute Gasteiger partial charge is 0.256 e. The van der Waals surface area contributed by atoms with Crippen molar-refractivity contribution in [3.63, 3.8) is 0 Å². The molecule has 0 amide bonds. The zero-order chi connectivity index (χ0) is 12.1. The van der Waals surface area contributed by atoms with Crippen molar-refractivity contribution in [3.05, 3.63) is 21.7 Å². The molecule has 0 saturated heterocycles. The number of nitrogen functional groups attached to an aromatic ring is 1. The molecule has 0 aliphatic carbocycles. The first-order valence-corrected chi connectivity index (χ1v) is 5.92. The molecule has 16 heavy (non-hydrogen) atoms. The van der Waals surface area contributed by atoms with E-state index in [-0.39, 0.29) is 5.56 Å². The van der Waals surface area contributed by atoms with Crippen LogP contribution in [0.1, 0.15) is 45.0 Å². The van der Waals surface area contributed by atoms with Gasteiger partial charge in [-0.1, -0.05) is 27.2 Å². The first-order chi connectivity index (χ1) is 7.54. The molecule has 3 N–H and O–H groups in total. The Kier molecular flexibility index (Phi) is 4.52. The van der Waals surface area contributed by atoms with Gasteiger partial charge in [-0.15, -0.1) is 0 Å². The maximum atomic E-state index is 11.7. The lowest BCUT2D eigenvalue weighted by molar-refractivity contribution is 0.573. The van der Waals surface area contributed by atoms with Crippen molar-refractivity contribution in [2.75, 3.05) is 5.73 Å². The zero-order valence-corrected chi connectivity index (χ0v) is 10.3. The zero-order valence-electron chi connectivity index (χ0n) is 10.3. The average molecular weight is 223 g/mol. The molecule has 1 rings (SSSR count). The number of aromatic amines is 1. The van der Waals surface area contributed by atoms with Crippen molar-refractivity contribution in [1.29, 1.82) is 0 Å². The first-order valence-electron chi connectivity index (χ1n) is 5.92. The Morgan fingerprint density at radius 1 is 1.38 bits per heavy atom. The summed E-state index contributed by atoms with van der Waals surface area (Å²) in [6.07, 6.45) is 3.39. The van der Waals surface area contributed by atoms with Crippen molar-refractivity contribution < 1.29 is 0 Å². The quantitative estimate of drug-likeness (QED) is 0.800. The second kappa shape index (κ2) is 5.68. The summed E-state index contributed by atoms with van der Waals surface area (Å²) in [5.41, 5.74) is 6.33. The number of hydrogen-bond donors (Lipinski definition) is 2. The topological polar surface area (TPSA) is 71.8 Å². The lowest BCUT2D eigenvalue weighted by Crippen LogP contribution is -2.20. The summed E-state index contributed by atoms with van der Waals surface area (Å²) in [7, 11) is 0. The van der Waals surface area contributed by atoms with Gasteiger partial charge in [-0.05, 0) is 18.8 Å². The number of rotatable bonds is 5. The number of aryl methyl sites for hydroxylation is 1. The number of hydrogen-bond acceptors (Lipinski definition) is 3. The fourth-order valence-electron chi connectivity index (χ4n) is 1.60. The standard InChI is InChI=1S/C12H21N3O/c1-4-5-9-11(13)14-10(15-12(9)16)7-6-8(2)3/h8H,4-7H2,1-3H3,(H3,13,14,15,16). The van der Waals surface area contributed by atoms with Gasteiger partial charge in [0.05, 0.1) is 5.56 Å². The molecule has 1 aromatic heterocycles. The van der Waals surface area contributed by atoms with Crippen LogP contribution in [0.25, 0.3) is 0 Å². The second-order valence-electron chi connectivity index (χ2n) is 4.56. The monoisotopic (exact) mass is 223 g/mol. The summed E-state index contributed by atoms with van der Waals surface area (Å²) in [5.74, 6) is 1.70. The minimum absolute atomic E-state index is 0.0758. The molecule has 0 fully saturated rings. The van der Waals surface area contributed by atoms with Crippen LogP contribution in [0.2, 0.25) is 0 Å². The van der Waals surface area contributed by atoms with E-state index in [0.717, 1.165) is 19.3 Å². The Bertz CT molecular complexity index is 396. The summed E-state index contributed by atoms with van der Waals surface area (Å²) in [4.78, 5) is 18.8. The summed E-state index contributed by atoms with van der Waals surface area (Å²) >= 11 is 0. The molecule has 0 aromatic carbocycles. The van der Waals surface area contributed by atoms with E-state index in [0.29, 0.717) is 29.5 Å². The van der Waals surface area contributed by atoms with Gasteiger partial charge in [-0.25, -0.2) is 4.98 Å². The molecule has 0 aliphatic rings. The van der Waals surface area contributed by atoms with E-state index in [1.165, 1.54) is 0 Å². The molecule has 90 valence electrons. The van der Waals surface area contributed by atoms with Gasteiger partial charge < -0.3 is 10.7 Å². The predicted molar refractivity (Wildman–Crippen MR) is 66.4 cm³/mol. The van der Waals surface area contributed by atoms with Gasteiger partial charge >= 0.3 is 0 Å². The fraction of sp³-hybridized carbons (Fsp3) is 0.667. The third-order valence-electron chi connectivity index (χ3n) is 2.56. The maximum absolute atomic E-state index is 11.7. The van der Waals surface area contributed by atoms with Crippen LogP contribution in [0.15, 0.2) is 4.79 Å². The van der Waals surface area contributed by atoms with Crippen LogP contribution in [-0.2, 0) is 12.8 Å². The lowest BCUT2D eigenvalue weighted by Gasteiger charge is -2.07. The highest BCUT2D eigenvalue weighted by Gasteiger charge is 2.08. The van der Waals surface area contributed by atoms with E-state index in [1.54, 1.807) is 0 Å². The lowest BCUT2D eigenvalue weighted by atomic mass is 10.1. The number of nitrogens with zero attached hydrogens (tertiary/aromatic N) is 1. The number of nitrogens with two attached hydrogens (primary N) is 1. The third-order valence-corrected chi connectivity index (χ3v) is 2.56. The molecule has 0 spiro atoms. The average Bonchev–Trinajstić information content (AvgIpc) is 2.20. The largest absolute Gasteiger partial charge is 0.383 e. The van der Waals surface area contributed by atoms with Crippen LogP contribution < -0.4 is 11.3 Å². The van der Waals surface area contributed by atoms with Crippen molar-refractivity contribution in [3.8, 4) is 0 Å². The molecule has 4 heteroatoms. The van der Waals surface area contributed by atoms with Gasteiger partial charge in [0.15, 0.2) is 0 Å². The molecule has 1 aromatic rings. The highest BCUT2D eigenvalue weighted by molar-refractivity contribution is 5.37. The van der Waals surface area contributed by atoms with Gasteiger partial charge in [-0.3, -0.25) is 4.79 Å². The van der Waals surface area contributed by atoms with E-state index in [4.69, 9.17) is 5.73 Å².